The molecule has 0 saturated heterocycles. The normalized spacial score (nSPS) is 12.7. The summed E-state index contributed by atoms with van der Waals surface area (Å²) in [5.41, 5.74) is 1.72. The van der Waals surface area contributed by atoms with E-state index in [0.717, 1.165) is 16.1 Å². The van der Waals surface area contributed by atoms with Gasteiger partial charge in [0, 0.05) is 27.7 Å². The van der Waals surface area contributed by atoms with Crippen molar-refractivity contribution in [2.24, 2.45) is 0 Å². The average Bonchev–Trinajstić information content (AvgIpc) is 3.00. The molecule has 0 radical (unpaired) electrons. The fraction of sp³-hybridized carbons (Fsp3) is 0.412. The number of aryl methyl sites for hydroxylation is 1. The number of amides is 2. The Kier molecular flexibility index (Phi) is 5.90. The lowest BCUT2D eigenvalue weighted by Gasteiger charge is -2.19. The minimum Gasteiger partial charge on any atom is -0.394 e. The number of aliphatic hydroxyl groups excluding tert-OH is 1. The first-order chi connectivity index (χ1) is 11.3. The number of hydrogen-bond acceptors (Lipinski definition) is 4. The van der Waals surface area contributed by atoms with Gasteiger partial charge in [-0.05, 0) is 30.7 Å². The predicted molar refractivity (Wildman–Crippen MR) is 97.4 cm³/mol. The SMILES string of the molecule is Cc1cc(SC(C)(C)C)ccc1NC(=O)NC(CO)c1ncc[nH]1. The zero-order chi connectivity index (χ0) is 17.7. The molecule has 1 unspecified atom stereocenters. The molecule has 1 aromatic carbocycles. The topological polar surface area (TPSA) is 90.0 Å². The van der Waals surface area contributed by atoms with Crippen LogP contribution in [0, 0.1) is 6.92 Å². The summed E-state index contributed by atoms with van der Waals surface area (Å²) in [5, 5.41) is 14.9. The van der Waals surface area contributed by atoms with E-state index < -0.39 is 6.04 Å². The molecule has 0 aliphatic heterocycles. The summed E-state index contributed by atoms with van der Waals surface area (Å²) >= 11 is 1.78. The molecule has 6 nitrogen and oxygen atoms in total. The Bertz CT molecular complexity index is 680. The number of aromatic amines is 1. The third kappa shape index (κ3) is 5.28. The molecular weight excluding hydrogens is 324 g/mol. The first-order valence-electron chi connectivity index (χ1n) is 7.76. The van der Waals surface area contributed by atoms with E-state index >= 15 is 0 Å². The van der Waals surface area contributed by atoms with E-state index in [9.17, 15) is 9.90 Å². The Hall–Kier alpha value is -1.99. The van der Waals surface area contributed by atoms with Gasteiger partial charge >= 0.3 is 6.03 Å². The van der Waals surface area contributed by atoms with Gasteiger partial charge in [-0.15, -0.1) is 11.8 Å². The van der Waals surface area contributed by atoms with Crippen molar-refractivity contribution in [1.29, 1.82) is 0 Å². The third-order valence-electron chi connectivity index (χ3n) is 3.21. The van der Waals surface area contributed by atoms with E-state index in [0.29, 0.717) is 5.82 Å². The highest BCUT2D eigenvalue weighted by Gasteiger charge is 2.17. The van der Waals surface area contributed by atoms with Gasteiger partial charge in [0.1, 0.15) is 11.9 Å². The van der Waals surface area contributed by atoms with Gasteiger partial charge in [-0.25, -0.2) is 9.78 Å². The fourth-order valence-electron chi connectivity index (χ4n) is 2.18. The molecule has 0 fully saturated rings. The lowest BCUT2D eigenvalue weighted by molar-refractivity contribution is 0.222. The number of carbonyl (C=O) groups excluding carboxylic acids is 1. The number of urea groups is 1. The van der Waals surface area contributed by atoms with Crippen molar-refractivity contribution in [2.75, 3.05) is 11.9 Å². The molecule has 0 aliphatic rings. The highest BCUT2D eigenvalue weighted by molar-refractivity contribution is 8.00. The van der Waals surface area contributed by atoms with E-state index in [-0.39, 0.29) is 17.4 Å². The van der Waals surface area contributed by atoms with Crippen LogP contribution in [-0.4, -0.2) is 32.5 Å². The molecule has 1 heterocycles. The van der Waals surface area contributed by atoms with Crippen LogP contribution in [0.3, 0.4) is 0 Å². The fourth-order valence-corrected chi connectivity index (χ4v) is 3.26. The molecule has 2 aromatic rings. The number of nitrogens with zero attached hydrogens (tertiary/aromatic N) is 1. The second-order valence-corrected chi connectivity index (χ2v) is 8.40. The van der Waals surface area contributed by atoms with Crippen LogP contribution in [0.5, 0.6) is 0 Å². The smallest absolute Gasteiger partial charge is 0.319 e. The van der Waals surface area contributed by atoms with Gasteiger partial charge in [0.05, 0.1) is 6.61 Å². The maximum atomic E-state index is 12.2. The van der Waals surface area contributed by atoms with Crippen molar-refractivity contribution in [3.8, 4) is 0 Å². The molecule has 7 heteroatoms. The molecule has 1 atom stereocenters. The molecule has 2 amide bonds. The standard InChI is InChI=1S/C17H24N4O2S/c1-11-9-12(24-17(2,3)4)5-6-13(11)20-16(23)21-14(10-22)15-18-7-8-19-15/h5-9,14,22H,10H2,1-4H3,(H,18,19)(H2,20,21,23). The van der Waals surface area contributed by atoms with Gasteiger partial charge in [0.2, 0.25) is 0 Å². The van der Waals surface area contributed by atoms with Gasteiger partial charge < -0.3 is 20.7 Å². The van der Waals surface area contributed by atoms with Gasteiger partial charge in [0.15, 0.2) is 0 Å². The zero-order valence-corrected chi connectivity index (χ0v) is 15.2. The number of rotatable bonds is 5. The number of thioether (sulfide) groups is 1. The molecule has 0 bridgehead atoms. The quantitative estimate of drug-likeness (QED) is 0.623. The molecule has 24 heavy (non-hydrogen) atoms. The number of aliphatic hydroxyl groups is 1. The van der Waals surface area contributed by atoms with Crippen molar-refractivity contribution in [1.82, 2.24) is 15.3 Å². The van der Waals surface area contributed by atoms with Crippen molar-refractivity contribution in [3.05, 3.63) is 42.0 Å². The Morgan fingerprint density at radius 2 is 2.17 bits per heavy atom. The summed E-state index contributed by atoms with van der Waals surface area (Å²) in [6.45, 7) is 8.21. The highest BCUT2D eigenvalue weighted by atomic mass is 32.2. The number of hydrogen-bond donors (Lipinski definition) is 4. The van der Waals surface area contributed by atoms with Gasteiger partial charge in [-0.1, -0.05) is 20.8 Å². The monoisotopic (exact) mass is 348 g/mol. The molecule has 1 aromatic heterocycles. The minimum atomic E-state index is -0.573. The zero-order valence-electron chi connectivity index (χ0n) is 14.4. The number of carbonyl (C=O) groups is 1. The number of imidazole rings is 1. The van der Waals surface area contributed by atoms with E-state index in [1.807, 2.05) is 19.1 Å². The Morgan fingerprint density at radius 3 is 2.71 bits per heavy atom. The summed E-state index contributed by atoms with van der Waals surface area (Å²) in [6, 6.07) is 4.99. The van der Waals surface area contributed by atoms with Crippen LogP contribution in [0.1, 0.15) is 38.2 Å². The van der Waals surface area contributed by atoms with Crippen LogP contribution >= 0.6 is 11.8 Å². The van der Waals surface area contributed by atoms with Crippen LogP contribution in [0.2, 0.25) is 0 Å². The first-order valence-corrected chi connectivity index (χ1v) is 8.57. The summed E-state index contributed by atoms with van der Waals surface area (Å²) in [6.07, 6.45) is 3.22. The molecule has 0 aliphatic carbocycles. The van der Waals surface area contributed by atoms with Gasteiger partial charge in [-0.3, -0.25) is 0 Å². The summed E-state index contributed by atoms with van der Waals surface area (Å²) in [4.78, 5) is 20.3. The average molecular weight is 348 g/mol. The van der Waals surface area contributed by atoms with E-state index in [1.165, 1.54) is 0 Å². The molecule has 0 spiro atoms. The summed E-state index contributed by atoms with van der Waals surface area (Å²) in [5.74, 6) is 0.515. The molecule has 0 saturated carbocycles. The highest BCUT2D eigenvalue weighted by Crippen LogP contribution is 2.33. The lowest BCUT2D eigenvalue weighted by atomic mass is 10.2. The van der Waals surface area contributed by atoms with Crippen LogP contribution in [0.25, 0.3) is 0 Å². The first kappa shape index (κ1) is 18.4. The summed E-state index contributed by atoms with van der Waals surface area (Å²) < 4.78 is 0.135. The van der Waals surface area contributed by atoms with E-state index in [4.69, 9.17) is 0 Å². The van der Waals surface area contributed by atoms with Gasteiger partial charge in [0.25, 0.3) is 0 Å². The van der Waals surface area contributed by atoms with E-state index in [1.54, 1.807) is 24.2 Å². The molecule has 130 valence electrons. The maximum Gasteiger partial charge on any atom is 0.319 e. The number of anilines is 1. The summed E-state index contributed by atoms with van der Waals surface area (Å²) in [7, 11) is 0. The molecule has 4 N–H and O–H groups in total. The second kappa shape index (κ2) is 7.72. The molecular formula is C17H24N4O2S. The number of benzene rings is 1. The lowest BCUT2D eigenvalue weighted by Crippen LogP contribution is -2.35. The second-order valence-electron chi connectivity index (χ2n) is 6.50. The van der Waals surface area contributed by atoms with Crippen LogP contribution in [-0.2, 0) is 0 Å². The number of aromatic nitrogens is 2. The Labute approximate surface area is 146 Å². The van der Waals surface area contributed by atoms with Crippen LogP contribution < -0.4 is 10.6 Å². The van der Waals surface area contributed by atoms with Crippen molar-refractivity contribution in [3.63, 3.8) is 0 Å². The number of H-pyrrole nitrogens is 1. The van der Waals surface area contributed by atoms with Crippen LogP contribution in [0.15, 0.2) is 35.5 Å². The molecule has 2 rings (SSSR count). The van der Waals surface area contributed by atoms with Crippen molar-refractivity contribution in [2.45, 2.75) is 43.4 Å². The Morgan fingerprint density at radius 1 is 1.42 bits per heavy atom. The van der Waals surface area contributed by atoms with Crippen molar-refractivity contribution < 1.29 is 9.90 Å². The third-order valence-corrected chi connectivity index (χ3v) is 4.31. The largest absolute Gasteiger partial charge is 0.394 e. The van der Waals surface area contributed by atoms with Gasteiger partial charge in [-0.2, -0.15) is 0 Å². The van der Waals surface area contributed by atoms with Crippen LogP contribution in [0.4, 0.5) is 10.5 Å². The maximum absolute atomic E-state index is 12.2. The Balaban J connectivity index is 2.01. The number of nitrogens with one attached hydrogen (secondary N) is 3. The van der Waals surface area contributed by atoms with Crippen molar-refractivity contribution >= 4 is 23.5 Å². The predicted octanol–water partition coefficient (Wildman–Crippen LogP) is 3.46. The van der Waals surface area contributed by atoms with E-state index in [2.05, 4.69) is 47.4 Å². The minimum absolute atomic E-state index is 0.135.